The molecular formula is C21H26N4O2. The molecule has 0 bridgehead atoms. The highest BCUT2D eigenvalue weighted by molar-refractivity contribution is 5.79. The molecule has 3 aromatic rings. The van der Waals surface area contributed by atoms with Gasteiger partial charge in [-0.15, -0.1) is 0 Å². The maximum atomic E-state index is 9.94. The van der Waals surface area contributed by atoms with E-state index in [2.05, 4.69) is 32.6 Å². The fraction of sp³-hybridized carbons (Fsp3) is 0.381. The molecule has 0 amide bonds. The summed E-state index contributed by atoms with van der Waals surface area (Å²) in [7, 11) is 1.69. The molecule has 1 N–H and O–H groups in total. The number of ether oxygens (including phenoxy) is 1. The topological polar surface area (TPSA) is 53.8 Å². The lowest BCUT2D eigenvalue weighted by Crippen LogP contribution is -2.48. The van der Waals surface area contributed by atoms with Crippen molar-refractivity contribution in [3.05, 3.63) is 54.1 Å². The van der Waals surface area contributed by atoms with Crippen LogP contribution in [0.2, 0.25) is 0 Å². The number of aromatic nitrogens is 2. The Morgan fingerprint density at radius 3 is 2.63 bits per heavy atom. The summed E-state index contributed by atoms with van der Waals surface area (Å²) in [6.45, 7) is 4.91. The van der Waals surface area contributed by atoms with Gasteiger partial charge < -0.3 is 14.7 Å². The number of hydrogen-bond acceptors (Lipinski definition) is 5. The van der Waals surface area contributed by atoms with Crippen molar-refractivity contribution in [1.29, 1.82) is 0 Å². The predicted molar refractivity (Wildman–Crippen MR) is 107 cm³/mol. The Morgan fingerprint density at radius 2 is 1.89 bits per heavy atom. The standard InChI is InChI=1S/C21H26N4O2/c1-16(26)13-24-14-23(12-11-17-7-9-18(27-2)10-8-17)15-25-20-6-4-3-5-19(20)22-21(24)25/h3-10,16,26H,11-15H2,1-2H3/t16-/m1/s1. The number of imidazole rings is 1. The summed E-state index contributed by atoms with van der Waals surface area (Å²) in [5.74, 6) is 1.83. The summed E-state index contributed by atoms with van der Waals surface area (Å²) in [6.07, 6.45) is 0.564. The van der Waals surface area contributed by atoms with E-state index in [1.807, 2.05) is 37.3 Å². The highest BCUT2D eigenvalue weighted by Crippen LogP contribution is 2.27. The van der Waals surface area contributed by atoms with Crippen LogP contribution in [-0.2, 0) is 13.1 Å². The van der Waals surface area contributed by atoms with Gasteiger partial charge in [0.1, 0.15) is 5.75 Å². The summed E-state index contributed by atoms with van der Waals surface area (Å²) < 4.78 is 7.48. The average molecular weight is 366 g/mol. The third-order valence-electron chi connectivity index (χ3n) is 4.99. The zero-order valence-electron chi connectivity index (χ0n) is 15.9. The third-order valence-corrected chi connectivity index (χ3v) is 4.99. The molecule has 1 aliphatic heterocycles. The van der Waals surface area contributed by atoms with Crippen LogP contribution in [-0.4, -0.2) is 52.5 Å². The molecule has 0 fully saturated rings. The minimum atomic E-state index is -0.403. The van der Waals surface area contributed by atoms with Gasteiger partial charge in [0, 0.05) is 13.1 Å². The number of fused-ring (bicyclic) bond motifs is 3. The molecule has 6 heteroatoms. The van der Waals surface area contributed by atoms with E-state index in [1.54, 1.807) is 7.11 Å². The van der Waals surface area contributed by atoms with Crippen LogP contribution in [0.4, 0.5) is 5.95 Å². The molecule has 0 unspecified atom stereocenters. The minimum absolute atomic E-state index is 0.403. The van der Waals surface area contributed by atoms with Gasteiger partial charge in [0.25, 0.3) is 0 Å². The van der Waals surface area contributed by atoms with Crippen LogP contribution in [0.3, 0.4) is 0 Å². The number of para-hydroxylation sites is 2. The molecule has 0 spiro atoms. The molecule has 1 aliphatic rings. The first-order valence-corrected chi connectivity index (χ1v) is 9.37. The number of hydrogen-bond donors (Lipinski definition) is 1. The molecule has 1 atom stereocenters. The molecule has 0 saturated carbocycles. The smallest absolute Gasteiger partial charge is 0.208 e. The van der Waals surface area contributed by atoms with Crippen molar-refractivity contribution >= 4 is 17.0 Å². The highest BCUT2D eigenvalue weighted by Gasteiger charge is 2.26. The Kier molecular flexibility index (Phi) is 5.01. The summed E-state index contributed by atoms with van der Waals surface area (Å²) in [5.41, 5.74) is 3.43. The van der Waals surface area contributed by atoms with Gasteiger partial charge in [0.2, 0.25) is 5.95 Å². The molecule has 6 nitrogen and oxygen atoms in total. The van der Waals surface area contributed by atoms with Gasteiger partial charge in [-0.05, 0) is 43.2 Å². The maximum Gasteiger partial charge on any atom is 0.208 e. The molecule has 0 aliphatic carbocycles. The fourth-order valence-electron chi connectivity index (χ4n) is 3.67. The Bertz CT molecular complexity index is 904. The van der Waals surface area contributed by atoms with Crippen molar-refractivity contribution in [2.24, 2.45) is 0 Å². The number of rotatable bonds is 6. The molecular weight excluding hydrogens is 340 g/mol. The van der Waals surface area contributed by atoms with E-state index in [0.717, 1.165) is 49.0 Å². The average Bonchev–Trinajstić information content (AvgIpc) is 3.05. The van der Waals surface area contributed by atoms with E-state index in [-0.39, 0.29) is 0 Å². The molecule has 0 saturated heterocycles. The van der Waals surface area contributed by atoms with E-state index in [9.17, 15) is 5.11 Å². The molecule has 142 valence electrons. The van der Waals surface area contributed by atoms with E-state index in [4.69, 9.17) is 9.72 Å². The number of benzene rings is 2. The molecule has 4 rings (SSSR count). The van der Waals surface area contributed by atoms with Crippen LogP contribution in [0.1, 0.15) is 12.5 Å². The van der Waals surface area contributed by atoms with Gasteiger partial charge >= 0.3 is 0 Å². The van der Waals surface area contributed by atoms with Crippen LogP contribution < -0.4 is 9.64 Å². The lowest BCUT2D eigenvalue weighted by Gasteiger charge is -2.37. The van der Waals surface area contributed by atoms with Gasteiger partial charge in [-0.25, -0.2) is 4.98 Å². The fourth-order valence-corrected chi connectivity index (χ4v) is 3.67. The molecule has 2 heterocycles. The van der Waals surface area contributed by atoms with E-state index in [1.165, 1.54) is 5.56 Å². The Labute approximate surface area is 159 Å². The summed E-state index contributed by atoms with van der Waals surface area (Å²) in [4.78, 5) is 9.36. The number of aliphatic hydroxyl groups is 1. The zero-order valence-corrected chi connectivity index (χ0v) is 15.9. The van der Waals surface area contributed by atoms with Gasteiger partial charge in [0.05, 0.1) is 37.6 Å². The van der Waals surface area contributed by atoms with E-state index >= 15 is 0 Å². The van der Waals surface area contributed by atoms with Crippen molar-refractivity contribution < 1.29 is 9.84 Å². The normalized spacial score (nSPS) is 15.7. The van der Waals surface area contributed by atoms with Crippen molar-refractivity contribution in [1.82, 2.24) is 14.5 Å². The lowest BCUT2D eigenvalue weighted by molar-refractivity contribution is 0.165. The molecule has 2 aromatic carbocycles. The van der Waals surface area contributed by atoms with Gasteiger partial charge in [-0.1, -0.05) is 24.3 Å². The highest BCUT2D eigenvalue weighted by atomic mass is 16.5. The number of β-amino-alcohol motifs (C(OH)–C–C–N with tert-alkyl or cyclic N) is 1. The Balaban J connectivity index is 1.54. The Morgan fingerprint density at radius 1 is 1.11 bits per heavy atom. The van der Waals surface area contributed by atoms with Crippen LogP contribution >= 0.6 is 0 Å². The first kappa shape index (κ1) is 17.8. The zero-order chi connectivity index (χ0) is 18.8. The molecule has 1 aromatic heterocycles. The number of anilines is 1. The van der Waals surface area contributed by atoms with Gasteiger partial charge in [0.15, 0.2) is 0 Å². The van der Waals surface area contributed by atoms with Crippen molar-refractivity contribution in [2.45, 2.75) is 26.1 Å². The van der Waals surface area contributed by atoms with Gasteiger partial charge in [-0.3, -0.25) is 9.47 Å². The SMILES string of the molecule is COc1ccc(CCN2CN(C[C@@H](C)O)c3nc4ccccc4n3C2)cc1. The van der Waals surface area contributed by atoms with E-state index < -0.39 is 6.10 Å². The van der Waals surface area contributed by atoms with Crippen LogP contribution in [0.25, 0.3) is 11.0 Å². The number of aliphatic hydroxyl groups excluding tert-OH is 1. The summed E-state index contributed by atoms with van der Waals surface area (Å²) in [6, 6.07) is 16.5. The second-order valence-corrected chi connectivity index (χ2v) is 7.18. The van der Waals surface area contributed by atoms with Crippen molar-refractivity contribution in [3.63, 3.8) is 0 Å². The second kappa shape index (κ2) is 7.58. The largest absolute Gasteiger partial charge is 0.497 e. The van der Waals surface area contributed by atoms with Crippen LogP contribution in [0.15, 0.2) is 48.5 Å². The quantitative estimate of drug-likeness (QED) is 0.727. The van der Waals surface area contributed by atoms with Crippen LogP contribution in [0.5, 0.6) is 5.75 Å². The first-order valence-electron chi connectivity index (χ1n) is 9.37. The predicted octanol–water partition coefficient (Wildman–Crippen LogP) is 2.71. The number of methoxy groups -OCH3 is 1. The molecule has 0 radical (unpaired) electrons. The summed E-state index contributed by atoms with van der Waals surface area (Å²) in [5, 5.41) is 9.94. The number of nitrogens with zero attached hydrogens (tertiary/aromatic N) is 4. The second-order valence-electron chi connectivity index (χ2n) is 7.18. The van der Waals surface area contributed by atoms with Crippen molar-refractivity contribution in [2.75, 3.05) is 31.8 Å². The monoisotopic (exact) mass is 366 g/mol. The Hall–Kier alpha value is -2.57. The maximum absolute atomic E-state index is 9.94. The van der Waals surface area contributed by atoms with Crippen molar-refractivity contribution in [3.8, 4) is 5.75 Å². The molecule has 27 heavy (non-hydrogen) atoms. The van der Waals surface area contributed by atoms with E-state index in [0.29, 0.717) is 6.54 Å². The van der Waals surface area contributed by atoms with Crippen LogP contribution in [0, 0.1) is 0 Å². The first-order chi connectivity index (χ1) is 13.1. The third kappa shape index (κ3) is 3.77. The minimum Gasteiger partial charge on any atom is -0.497 e. The summed E-state index contributed by atoms with van der Waals surface area (Å²) >= 11 is 0. The lowest BCUT2D eigenvalue weighted by atomic mass is 10.1. The van der Waals surface area contributed by atoms with Gasteiger partial charge in [-0.2, -0.15) is 0 Å².